The topological polar surface area (TPSA) is 113 Å². The lowest BCUT2D eigenvalue weighted by molar-refractivity contribution is 0.0696. The molecule has 2 aromatic carbocycles. The second kappa shape index (κ2) is 9.46. The van der Waals surface area contributed by atoms with Crippen molar-refractivity contribution in [1.82, 2.24) is 5.16 Å². The number of sulfonamides is 1. The summed E-state index contributed by atoms with van der Waals surface area (Å²) in [4.78, 5) is 13.2. The molecule has 0 unspecified atom stereocenters. The molecule has 2 N–H and O–H groups in total. The van der Waals surface area contributed by atoms with Gasteiger partial charge in [-0.3, -0.25) is 4.72 Å². The zero-order chi connectivity index (χ0) is 24.5. The third-order valence-corrected chi connectivity index (χ3v) is 7.51. The number of piperidine rings is 1. The van der Waals surface area contributed by atoms with Crippen LogP contribution in [0, 0.1) is 12.7 Å². The number of nitrogens with zero attached hydrogens (tertiary/aromatic N) is 2. The van der Waals surface area contributed by atoms with Crippen molar-refractivity contribution in [2.24, 2.45) is 0 Å². The molecule has 2 heterocycles. The van der Waals surface area contributed by atoms with Gasteiger partial charge >= 0.3 is 5.97 Å². The minimum atomic E-state index is -4.31. The molecule has 34 heavy (non-hydrogen) atoms. The van der Waals surface area contributed by atoms with Crippen molar-refractivity contribution in [3.8, 4) is 11.1 Å². The largest absolute Gasteiger partial charge is 0.478 e. The zero-order valence-electron chi connectivity index (χ0n) is 19.0. The molecule has 0 spiro atoms. The van der Waals surface area contributed by atoms with E-state index in [2.05, 4.69) is 9.88 Å². The van der Waals surface area contributed by atoms with Crippen LogP contribution >= 0.6 is 0 Å². The van der Waals surface area contributed by atoms with Gasteiger partial charge in [-0.15, -0.1) is 0 Å². The molecule has 180 valence electrons. The smallest absolute Gasteiger partial charge is 0.335 e. The summed E-state index contributed by atoms with van der Waals surface area (Å²) in [6, 6.07) is 7.23. The van der Waals surface area contributed by atoms with Crippen LogP contribution in [0.4, 0.5) is 15.8 Å². The van der Waals surface area contributed by atoms with E-state index in [4.69, 9.17) is 4.52 Å². The molecule has 1 aromatic heterocycles. The minimum absolute atomic E-state index is 0.159. The van der Waals surface area contributed by atoms with E-state index in [1.54, 1.807) is 26.0 Å². The first-order chi connectivity index (χ1) is 16.2. The standard InChI is InChI=1S/C24H26FN3O5S/c1-3-16-7-8-17(24(29)30)13-21(16)34(31,32)27-23-20(28-11-5-4-6-12-28)10-9-18(22(23)25)19-14-26-33-15(19)2/h7-10,13-14,27H,3-6,11-12H2,1-2H3,(H,29,30). The molecule has 1 fully saturated rings. The predicted molar refractivity (Wildman–Crippen MR) is 126 cm³/mol. The number of anilines is 2. The highest BCUT2D eigenvalue weighted by Crippen LogP contribution is 2.39. The Hall–Kier alpha value is -3.40. The Morgan fingerprint density at radius 3 is 2.53 bits per heavy atom. The third-order valence-electron chi connectivity index (χ3n) is 6.08. The highest BCUT2D eigenvalue weighted by Gasteiger charge is 2.27. The Labute approximate surface area is 197 Å². The lowest BCUT2D eigenvalue weighted by Gasteiger charge is -2.31. The van der Waals surface area contributed by atoms with Gasteiger partial charge in [0.1, 0.15) is 11.4 Å². The number of nitrogens with one attached hydrogen (secondary N) is 1. The van der Waals surface area contributed by atoms with Gasteiger partial charge in [-0.25, -0.2) is 17.6 Å². The summed E-state index contributed by atoms with van der Waals surface area (Å²) >= 11 is 0. The highest BCUT2D eigenvalue weighted by atomic mass is 32.2. The number of carboxylic acid groups (broad SMARTS) is 1. The molecule has 0 radical (unpaired) electrons. The van der Waals surface area contributed by atoms with E-state index in [-0.39, 0.29) is 21.7 Å². The van der Waals surface area contributed by atoms with Gasteiger partial charge < -0.3 is 14.5 Å². The zero-order valence-corrected chi connectivity index (χ0v) is 19.8. The van der Waals surface area contributed by atoms with Crippen molar-refractivity contribution in [1.29, 1.82) is 0 Å². The molecule has 10 heteroatoms. The lowest BCUT2D eigenvalue weighted by atomic mass is 10.0. The van der Waals surface area contributed by atoms with Gasteiger partial charge in [-0.2, -0.15) is 0 Å². The summed E-state index contributed by atoms with van der Waals surface area (Å²) in [5.74, 6) is -1.59. The van der Waals surface area contributed by atoms with Crippen LogP contribution in [-0.2, 0) is 16.4 Å². The number of aromatic carboxylic acids is 1. The SMILES string of the molecule is CCc1ccc(C(=O)O)cc1S(=O)(=O)Nc1c(N2CCCCC2)ccc(-c2cnoc2C)c1F. The summed E-state index contributed by atoms with van der Waals surface area (Å²) in [7, 11) is -4.31. The van der Waals surface area contributed by atoms with Crippen LogP contribution in [0.2, 0.25) is 0 Å². The van der Waals surface area contributed by atoms with Crippen molar-refractivity contribution in [3.63, 3.8) is 0 Å². The number of carbonyl (C=O) groups is 1. The first-order valence-electron chi connectivity index (χ1n) is 11.1. The van der Waals surface area contributed by atoms with E-state index >= 15 is 4.39 Å². The monoisotopic (exact) mass is 487 g/mol. The van der Waals surface area contributed by atoms with Crippen molar-refractivity contribution < 1.29 is 27.2 Å². The molecule has 0 atom stereocenters. The molecule has 0 saturated carbocycles. The fourth-order valence-electron chi connectivity index (χ4n) is 4.25. The molecule has 3 aromatic rings. The summed E-state index contributed by atoms with van der Waals surface area (Å²) < 4.78 is 50.4. The maximum atomic E-state index is 16.0. The number of aromatic nitrogens is 1. The molecule has 0 aliphatic carbocycles. The van der Waals surface area contributed by atoms with E-state index in [1.807, 2.05) is 4.90 Å². The summed E-state index contributed by atoms with van der Waals surface area (Å²) in [5, 5.41) is 13.1. The maximum absolute atomic E-state index is 16.0. The Bertz CT molecular complexity index is 1330. The Balaban J connectivity index is 1.86. The van der Waals surface area contributed by atoms with Crippen LogP contribution in [-0.4, -0.2) is 37.7 Å². The molecular weight excluding hydrogens is 461 g/mol. The third kappa shape index (κ3) is 4.50. The van der Waals surface area contributed by atoms with E-state index in [0.717, 1.165) is 25.3 Å². The number of halogens is 1. The van der Waals surface area contributed by atoms with Crippen LogP contribution in [0.1, 0.15) is 47.9 Å². The van der Waals surface area contributed by atoms with Gasteiger partial charge in [0, 0.05) is 24.2 Å². The number of aryl methyl sites for hydroxylation is 2. The lowest BCUT2D eigenvalue weighted by Crippen LogP contribution is -2.31. The molecular formula is C24H26FN3O5S. The second-order valence-electron chi connectivity index (χ2n) is 8.25. The predicted octanol–water partition coefficient (Wildman–Crippen LogP) is 4.84. The molecule has 1 aliphatic rings. The van der Waals surface area contributed by atoms with Crippen LogP contribution < -0.4 is 9.62 Å². The van der Waals surface area contributed by atoms with Crippen molar-refractivity contribution in [2.75, 3.05) is 22.7 Å². The van der Waals surface area contributed by atoms with Gasteiger partial charge in [0.15, 0.2) is 5.82 Å². The van der Waals surface area contributed by atoms with Gasteiger partial charge in [-0.05, 0) is 62.4 Å². The van der Waals surface area contributed by atoms with Crippen LogP contribution in [0.5, 0.6) is 0 Å². The first kappa shape index (κ1) is 23.7. The van der Waals surface area contributed by atoms with Crippen molar-refractivity contribution in [2.45, 2.75) is 44.4 Å². The second-order valence-corrected chi connectivity index (χ2v) is 9.90. The molecule has 4 rings (SSSR count). The van der Waals surface area contributed by atoms with Gasteiger partial charge in [0.05, 0.1) is 22.3 Å². The fraction of sp³-hybridized carbons (Fsp3) is 0.333. The minimum Gasteiger partial charge on any atom is -0.478 e. The average Bonchev–Trinajstić information content (AvgIpc) is 3.25. The van der Waals surface area contributed by atoms with Crippen LogP contribution in [0.3, 0.4) is 0 Å². The average molecular weight is 488 g/mol. The summed E-state index contributed by atoms with van der Waals surface area (Å²) in [5.41, 5.74) is 1.11. The van der Waals surface area contributed by atoms with Crippen molar-refractivity contribution >= 4 is 27.4 Å². The van der Waals surface area contributed by atoms with Gasteiger partial charge in [0.2, 0.25) is 0 Å². The first-order valence-corrected chi connectivity index (χ1v) is 12.6. The van der Waals surface area contributed by atoms with Crippen LogP contribution in [0.25, 0.3) is 11.1 Å². The molecule has 1 aliphatic heterocycles. The maximum Gasteiger partial charge on any atom is 0.335 e. The number of benzene rings is 2. The molecule has 8 nitrogen and oxygen atoms in total. The van der Waals surface area contributed by atoms with Crippen molar-refractivity contribution in [3.05, 3.63) is 59.2 Å². The fourth-order valence-corrected chi connectivity index (χ4v) is 5.66. The van der Waals surface area contributed by atoms with E-state index in [9.17, 15) is 18.3 Å². The van der Waals surface area contributed by atoms with E-state index in [1.165, 1.54) is 18.3 Å². The number of rotatable bonds is 7. The molecule has 0 amide bonds. The highest BCUT2D eigenvalue weighted by molar-refractivity contribution is 7.92. The van der Waals surface area contributed by atoms with E-state index < -0.39 is 21.8 Å². The Morgan fingerprint density at radius 1 is 1.18 bits per heavy atom. The number of hydrogen-bond acceptors (Lipinski definition) is 6. The van der Waals surface area contributed by atoms with E-state index in [0.29, 0.717) is 42.1 Å². The number of hydrogen-bond donors (Lipinski definition) is 2. The normalized spacial score (nSPS) is 14.3. The molecule has 1 saturated heterocycles. The summed E-state index contributed by atoms with van der Waals surface area (Å²) in [6.07, 6.45) is 4.64. The van der Waals surface area contributed by atoms with Gasteiger partial charge in [0.25, 0.3) is 10.0 Å². The van der Waals surface area contributed by atoms with Crippen LogP contribution in [0.15, 0.2) is 45.9 Å². The van der Waals surface area contributed by atoms with Gasteiger partial charge in [-0.1, -0.05) is 18.1 Å². The summed E-state index contributed by atoms with van der Waals surface area (Å²) in [6.45, 7) is 4.77. The Kier molecular flexibility index (Phi) is 6.60. The quantitative estimate of drug-likeness (QED) is 0.490. The number of carboxylic acids is 1. The molecule has 0 bridgehead atoms. The Morgan fingerprint density at radius 2 is 1.91 bits per heavy atom.